The molecule has 1 aromatic rings. The normalized spacial score (nSPS) is 17.5. The monoisotopic (exact) mass is 286 g/mol. The number of benzene rings is 1. The van der Waals surface area contributed by atoms with Crippen LogP contribution in [-0.4, -0.2) is 37.1 Å². The van der Waals surface area contributed by atoms with E-state index in [0.717, 1.165) is 36.8 Å². The maximum atomic E-state index is 6.21. The average molecular weight is 287 g/mol. The van der Waals surface area contributed by atoms with E-state index in [0.29, 0.717) is 11.9 Å². The van der Waals surface area contributed by atoms with Gasteiger partial charge in [0.05, 0.1) is 0 Å². The molecule has 0 aromatic heterocycles. The van der Waals surface area contributed by atoms with Crippen molar-refractivity contribution in [3.63, 3.8) is 0 Å². The highest BCUT2D eigenvalue weighted by atomic mass is 35.5. The Labute approximate surface area is 119 Å². The molecule has 1 aromatic carbocycles. The van der Waals surface area contributed by atoms with Crippen molar-refractivity contribution >= 4 is 28.9 Å². The fourth-order valence-electron chi connectivity index (χ4n) is 2.34. The fraction of sp³-hybridized carbons (Fsp3) is 0.571. The van der Waals surface area contributed by atoms with Gasteiger partial charge in [-0.1, -0.05) is 17.7 Å². The SMILES string of the molecule is CC(C)N1CCN(c2ccc(CCl)c(Cl)c2)CC1. The van der Waals surface area contributed by atoms with Gasteiger partial charge in [0.1, 0.15) is 0 Å². The van der Waals surface area contributed by atoms with Gasteiger partial charge >= 0.3 is 0 Å². The summed E-state index contributed by atoms with van der Waals surface area (Å²) in [6, 6.07) is 6.81. The molecule has 4 heteroatoms. The third-order valence-corrected chi connectivity index (χ3v) is 4.23. The van der Waals surface area contributed by atoms with E-state index in [2.05, 4.69) is 29.7 Å². The molecule has 0 N–H and O–H groups in total. The highest BCUT2D eigenvalue weighted by Crippen LogP contribution is 2.25. The van der Waals surface area contributed by atoms with Crippen molar-refractivity contribution < 1.29 is 0 Å². The van der Waals surface area contributed by atoms with Crippen LogP contribution in [0.1, 0.15) is 19.4 Å². The Balaban J connectivity index is 2.03. The molecule has 0 radical (unpaired) electrons. The van der Waals surface area contributed by atoms with Crippen molar-refractivity contribution in [1.82, 2.24) is 4.90 Å². The lowest BCUT2D eigenvalue weighted by molar-refractivity contribution is 0.209. The molecule has 0 spiro atoms. The molecule has 1 aliphatic heterocycles. The number of rotatable bonds is 3. The van der Waals surface area contributed by atoms with Crippen molar-refractivity contribution in [1.29, 1.82) is 0 Å². The standard InChI is InChI=1S/C14H20Cl2N2/c1-11(2)17-5-7-18(8-6-17)13-4-3-12(10-15)14(16)9-13/h3-4,9,11H,5-8,10H2,1-2H3. The minimum Gasteiger partial charge on any atom is -0.369 e. The summed E-state index contributed by atoms with van der Waals surface area (Å²) in [5.74, 6) is 0.472. The van der Waals surface area contributed by atoms with Crippen LogP contribution in [0.5, 0.6) is 0 Å². The lowest BCUT2D eigenvalue weighted by Gasteiger charge is -2.38. The molecule has 0 unspecified atom stereocenters. The van der Waals surface area contributed by atoms with E-state index < -0.39 is 0 Å². The first-order chi connectivity index (χ1) is 8.61. The zero-order chi connectivity index (χ0) is 13.1. The van der Waals surface area contributed by atoms with Gasteiger partial charge in [-0.25, -0.2) is 0 Å². The van der Waals surface area contributed by atoms with E-state index in [-0.39, 0.29) is 0 Å². The molecular formula is C14H20Cl2N2. The Kier molecular flexibility index (Phi) is 4.77. The van der Waals surface area contributed by atoms with E-state index >= 15 is 0 Å². The molecule has 2 nitrogen and oxygen atoms in total. The first-order valence-electron chi connectivity index (χ1n) is 6.45. The first kappa shape index (κ1) is 14.0. The van der Waals surface area contributed by atoms with E-state index in [4.69, 9.17) is 23.2 Å². The molecule has 0 amide bonds. The quantitative estimate of drug-likeness (QED) is 0.784. The van der Waals surface area contributed by atoms with Gasteiger partial charge in [0.2, 0.25) is 0 Å². The van der Waals surface area contributed by atoms with Gasteiger partial charge in [-0.05, 0) is 31.5 Å². The van der Waals surface area contributed by atoms with Gasteiger partial charge < -0.3 is 4.90 Å². The molecule has 2 rings (SSSR count). The number of anilines is 1. The Morgan fingerprint density at radius 1 is 1.17 bits per heavy atom. The van der Waals surface area contributed by atoms with Crippen LogP contribution >= 0.6 is 23.2 Å². The summed E-state index contributed by atoms with van der Waals surface area (Å²) in [4.78, 5) is 4.90. The summed E-state index contributed by atoms with van der Waals surface area (Å²) in [5, 5.41) is 0.772. The molecule has 0 atom stereocenters. The zero-order valence-corrected chi connectivity index (χ0v) is 12.5. The van der Waals surface area contributed by atoms with Gasteiger partial charge in [-0.3, -0.25) is 4.90 Å². The van der Waals surface area contributed by atoms with Crippen LogP contribution in [0.25, 0.3) is 0 Å². The second-order valence-corrected chi connectivity index (χ2v) is 5.70. The number of halogens is 2. The molecule has 18 heavy (non-hydrogen) atoms. The summed E-state index contributed by atoms with van der Waals surface area (Å²) >= 11 is 12.0. The maximum Gasteiger partial charge on any atom is 0.0488 e. The number of piperazine rings is 1. The molecule has 1 heterocycles. The number of nitrogens with zero attached hydrogens (tertiary/aromatic N) is 2. The summed E-state index contributed by atoms with van der Waals surface area (Å²) in [5.41, 5.74) is 2.21. The smallest absolute Gasteiger partial charge is 0.0488 e. The molecule has 1 aliphatic rings. The predicted octanol–water partition coefficient (Wildman–Crippen LogP) is 3.61. The summed E-state index contributed by atoms with van der Waals surface area (Å²) in [6.07, 6.45) is 0. The molecule has 0 saturated carbocycles. The van der Waals surface area contributed by atoms with Crippen LogP contribution in [0.2, 0.25) is 5.02 Å². The minimum atomic E-state index is 0.472. The highest BCUT2D eigenvalue weighted by Gasteiger charge is 2.19. The largest absolute Gasteiger partial charge is 0.369 e. The van der Waals surface area contributed by atoms with Gasteiger partial charge in [-0.2, -0.15) is 0 Å². The van der Waals surface area contributed by atoms with Crippen LogP contribution < -0.4 is 4.90 Å². The van der Waals surface area contributed by atoms with Crippen LogP contribution in [0.4, 0.5) is 5.69 Å². The van der Waals surface area contributed by atoms with E-state index in [1.54, 1.807) is 0 Å². The molecule has 1 fully saturated rings. The third-order valence-electron chi connectivity index (χ3n) is 3.59. The Morgan fingerprint density at radius 2 is 1.83 bits per heavy atom. The van der Waals surface area contributed by atoms with Crippen LogP contribution in [0.15, 0.2) is 18.2 Å². The molecular weight excluding hydrogens is 267 g/mol. The average Bonchev–Trinajstić information content (AvgIpc) is 2.38. The summed E-state index contributed by atoms with van der Waals surface area (Å²) in [7, 11) is 0. The summed E-state index contributed by atoms with van der Waals surface area (Å²) in [6.45, 7) is 8.87. The van der Waals surface area contributed by atoms with Gasteiger partial charge in [-0.15, -0.1) is 11.6 Å². The van der Waals surface area contributed by atoms with Crippen molar-refractivity contribution in [3.05, 3.63) is 28.8 Å². The minimum absolute atomic E-state index is 0.472. The molecule has 1 saturated heterocycles. The topological polar surface area (TPSA) is 6.48 Å². The number of hydrogen-bond acceptors (Lipinski definition) is 2. The Hall–Kier alpha value is -0.440. The molecule has 100 valence electrons. The van der Waals surface area contributed by atoms with Crippen molar-refractivity contribution in [3.8, 4) is 0 Å². The third kappa shape index (κ3) is 3.11. The van der Waals surface area contributed by atoms with E-state index in [1.807, 2.05) is 12.1 Å². The van der Waals surface area contributed by atoms with Crippen molar-refractivity contribution in [2.45, 2.75) is 25.8 Å². The molecule has 0 aliphatic carbocycles. The maximum absolute atomic E-state index is 6.21. The number of hydrogen-bond donors (Lipinski definition) is 0. The van der Waals surface area contributed by atoms with E-state index in [9.17, 15) is 0 Å². The highest BCUT2D eigenvalue weighted by molar-refractivity contribution is 6.32. The summed E-state index contributed by atoms with van der Waals surface area (Å²) < 4.78 is 0. The van der Waals surface area contributed by atoms with Crippen LogP contribution in [0, 0.1) is 0 Å². The molecule has 0 bridgehead atoms. The first-order valence-corrected chi connectivity index (χ1v) is 7.36. The Bertz CT molecular complexity index is 399. The lowest BCUT2D eigenvalue weighted by Crippen LogP contribution is -2.48. The van der Waals surface area contributed by atoms with Gasteiger partial charge in [0.25, 0.3) is 0 Å². The van der Waals surface area contributed by atoms with Crippen LogP contribution in [0.3, 0.4) is 0 Å². The Morgan fingerprint density at radius 3 is 2.33 bits per heavy atom. The second-order valence-electron chi connectivity index (χ2n) is 5.03. The second kappa shape index (κ2) is 6.14. The fourth-order valence-corrected chi connectivity index (χ4v) is 2.88. The van der Waals surface area contributed by atoms with Gasteiger partial charge in [0, 0.05) is 48.8 Å². The zero-order valence-electron chi connectivity index (χ0n) is 11.0. The van der Waals surface area contributed by atoms with Crippen molar-refractivity contribution in [2.75, 3.05) is 31.1 Å². The predicted molar refractivity (Wildman–Crippen MR) is 79.9 cm³/mol. The van der Waals surface area contributed by atoms with E-state index in [1.165, 1.54) is 5.69 Å². The van der Waals surface area contributed by atoms with Crippen LogP contribution in [-0.2, 0) is 5.88 Å². The number of alkyl halides is 1. The lowest BCUT2D eigenvalue weighted by atomic mass is 10.2. The van der Waals surface area contributed by atoms with Crippen molar-refractivity contribution in [2.24, 2.45) is 0 Å². The van der Waals surface area contributed by atoms with Gasteiger partial charge in [0.15, 0.2) is 0 Å².